The van der Waals surface area contributed by atoms with Crippen molar-refractivity contribution in [2.45, 2.75) is 19.9 Å². The van der Waals surface area contributed by atoms with E-state index in [0.717, 1.165) is 14.5 Å². The van der Waals surface area contributed by atoms with Gasteiger partial charge in [-0.15, -0.1) is 0 Å². The van der Waals surface area contributed by atoms with Gasteiger partial charge in [-0.1, -0.05) is 49.3 Å². The molecule has 0 bridgehead atoms. The number of carbonyl (C=O) groups excluding carboxylic acids is 1. The third-order valence-corrected chi connectivity index (χ3v) is 8.89. The molecule has 39 heavy (non-hydrogen) atoms. The van der Waals surface area contributed by atoms with Crippen LogP contribution in [0.25, 0.3) is 17.4 Å². The van der Waals surface area contributed by atoms with E-state index in [1.807, 2.05) is 42.5 Å². The summed E-state index contributed by atoms with van der Waals surface area (Å²) in [5.74, 6) is 1.30. The smallest absolute Gasteiger partial charge is 0.338 e. The van der Waals surface area contributed by atoms with Crippen LogP contribution in [-0.4, -0.2) is 24.3 Å². The Morgan fingerprint density at radius 2 is 1.92 bits per heavy atom. The number of fused-ring (bicyclic) bond motifs is 1. The van der Waals surface area contributed by atoms with Gasteiger partial charge in [0.2, 0.25) is 0 Å². The van der Waals surface area contributed by atoms with Crippen LogP contribution in [0.1, 0.15) is 31.2 Å². The quantitative estimate of drug-likeness (QED) is 0.216. The van der Waals surface area contributed by atoms with Gasteiger partial charge in [0.1, 0.15) is 17.3 Å². The average molecular weight is 737 g/mol. The summed E-state index contributed by atoms with van der Waals surface area (Å²) >= 11 is 11.8. The lowest BCUT2D eigenvalue weighted by Gasteiger charge is -2.25. The Morgan fingerprint density at radius 1 is 1.13 bits per heavy atom. The zero-order chi connectivity index (χ0) is 27.8. The van der Waals surface area contributed by atoms with Crippen molar-refractivity contribution in [1.82, 2.24) is 4.57 Å². The van der Waals surface area contributed by atoms with Gasteiger partial charge in [0.25, 0.3) is 5.56 Å². The number of ether oxygens (including phenoxy) is 2. The molecule has 0 amide bonds. The number of halogens is 3. The van der Waals surface area contributed by atoms with Crippen LogP contribution in [0.5, 0.6) is 5.75 Å². The van der Waals surface area contributed by atoms with Crippen molar-refractivity contribution in [2.75, 3.05) is 13.7 Å². The van der Waals surface area contributed by atoms with E-state index in [-0.39, 0.29) is 12.2 Å². The Bertz CT molecular complexity index is 1820. The van der Waals surface area contributed by atoms with Gasteiger partial charge in [-0.25, -0.2) is 9.79 Å². The first-order chi connectivity index (χ1) is 18.7. The van der Waals surface area contributed by atoms with Crippen molar-refractivity contribution >= 4 is 71.2 Å². The summed E-state index contributed by atoms with van der Waals surface area (Å²) in [7, 11) is 1.58. The number of carbonyl (C=O) groups is 1. The molecule has 0 radical (unpaired) electrons. The van der Waals surface area contributed by atoms with Crippen LogP contribution in [0.3, 0.4) is 0 Å². The molecule has 0 spiro atoms. The maximum Gasteiger partial charge on any atom is 0.338 e. The van der Waals surface area contributed by atoms with Gasteiger partial charge in [0.15, 0.2) is 4.80 Å². The highest BCUT2D eigenvalue weighted by Gasteiger charge is 2.33. The number of thiazole rings is 1. The maximum atomic E-state index is 13.8. The molecule has 0 unspecified atom stereocenters. The molecule has 0 N–H and O–H groups in total. The number of allylic oxidation sites excluding steroid dienone is 1. The number of nitrogens with zero attached hydrogens (tertiary/aromatic N) is 2. The fourth-order valence-corrected chi connectivity index (χ4v) is 6.74. The van der Waals surface area contributed by atoms with Crippen LogP contribution in [0.2, 0.25) is 0 Å². The lowest BCUT2D eigenvalue weighted by atomic mass is 9.96. The number of benzene rings is 2. The number of rotatable bonds is 6. The van der Waals surface area contributed by atoms with Gasteiger partial charge in [0, 0.05) is 20.6 Å². The van der Waals surface area contributed by atoms with E-state index >= 15 is 0 Å². The van der Waals surface area contributed by atoms with E-state index in [2.05, 4.69) is 52.8 Å². The minimum Gasteiger partial charge on any atom is -0.496 e. The molecule has 1 aliphatic heterocycles. The second-order valence-electron chi connectivity index (χ2n) is 8.52. The predicted octanol–water partition coefficient (Wildman–Crippen LogP) is 6.35. The molecule has 0 aliphatic carbocycles. The highest BCUT2D eigenvalue weighted by atomic mass is 79.9. The molecule has 0 fully saturated rings. The second kappa shape index (κ2) is 11.4. The van der Waals surface area contributed by atoms with Crippen LogP contribution in [0.4, 0.5) is 0 Å². The predicted molar refractivity (Wildman–Crippen MR) is 161 cm³/mol. The first kappa shape index (κ1) is 27.8. The summed E-state index contributed by atoms with van der Waals surface area (Å²) in [6, 6.07) is 14.2. The summed E-state index contributed by atoms with van der Waals surface area (Å²) in [6.45, 7) is 3.70. The minimum absolute atomic E-state index is 0.202. The van der Waals surface area contributed by atoms with Crippen molar-refractivity contribution in [3.8, 4) is 17.1 Å². The molecule has 7 nitrogen and oxygen atoms in total. The molecular weight excluding hydrogens is 716 g/mol. The first-order valence-corrected chi connectivity index (χ1v) is 15.0. The lowest BCUT2D eigenvalue weighted by Crippen LogP contribution is -2.39. The summed E-state index contributed by atoms with van der Waals surface area (Å²) in [4.78, 5) is 32.0. The highest BCUT2D eigenvalue weighted by Crippen LogP contribution is 2.35. The maximum absolute atomic E-state index is 13.8. The molecule has 0 saturated heterocycles. The monoisotopic (exact) mass is 734 g/mol. The largest absolute Gasteiger partial charge is 0.496 e. The van der Waals surface area contributed by atoms with E-state index < -0.39 is 12.0 Å². The van der Waals surface area contributed by atoms with Crippen LogP contribution in [0.15, 0.2) is 87.4 Å². The van der Waals surface area contributed by atoms with Crippen molar-refractivity contribution in [2.24, 2.45) is 4.99 Å². The van der Waals surface area contributed by atoms with Gasteiger partial charge in [-0.05, 0) is 77.8 Å². The Hall–Kier alpha value is -2.73. The zero-order valence-electron chi connectivity index (χ0n) is 21.0. The van der Waals surface area contributed by atoms with E-state index in [1.165, 1.54) is 11.3 Å². The van der Waals surface area contributed by atoms with Crippen LogP contribution in [-0.2, 0) is 9.53 Å². The summed E-state index contributed by atoms with van der Waals surface area (Å²) in [5, 5.41) is 0. The minimum atomic E-state index is -0.727. The zero-order valence-corrected chi connectivity index (χ0v) is 26.5. The Labute approximate surface area is 252 Å². The van der Waals surface area contributed by atoms with Crippen molar-refractivity contribution in [3.05, 3.63) is 104 Å². The van der Waals surface area contributed by atoms with Crippen LogP contribution in [0, 0.1) is 0 Å². The Kier molecular flexibility index (Phi) is 8.14. The fourth-order valence-electron chi connectivity index (χ4n) is 4.35. The lowest BCUT2D eigenvalue weighted by molar-refractivity contribution is -0.139. The SMILES string of the molecule is CCOC(=O)C1=C(C)N=c2s/c(=C\c3ccc(-c4cc(Br)ccc4Br)o3)c(=O)n2[C@@H]1c1ccc(OC)c(Br)c1. The van der Waals surface area contributed by atoms with Gasteiger partial charge in [-0.3, -0.25) is 9.36 Å². The van der Waals surface area contributed by atoms with E-state index in [4.69, 9.17) is 13.9 Å². The van der Waals surface area contributed by atoms with Crippen molar-refractivity contribution in [3.63, 3.8) is 0 Å². The van der Waals surface area contributed by atoms with E-state index in [0.29, 0.717) is 47.9 Å². The van der Waals surface area contributed by atoms with Crippen molar-refractivity contribution in [1.29, 1.82) is 0 Å². The summed E-state index contributed by atoms with van der Waals surface area (Å²) in [6.07, 6.45) is 1.70. The standard InChI is InChI=1S/C28H21Br3N2O5S/c1-4-37-27(35)24-14(2)32-28-33(25(24)15-5-9-22(36-3)20(31)11-15)26(34)23(39-28)13-17-7-10-21(38-17)18-12-16(29)6-8-19(18)30/h5-13,25H,4H2,1-3H3/b23-13-/t25-/m1/s1. The molecule has 1 aliphatic rings. The average Bonchev–Trinajstić information content (AvgIpc) is 3.49. The number of hydrogen-bond donors (Lipinski definition) is 0. The molecule has 0 saturated carbocycles. The normalized spacial score (nSPS) is 15.2. The Morgan fingerprint density at radius 3 is 2.64 bits per heavy atom. The number of esters is 1. The number of methoxy groups -OCH3 is 1. The molecule has 11 heteroatoms. The first-order valence-electron chi connectivity index (χ1n) is 11.8. The van der Waals surface area contributed by atoms with Gasteiger partial charge < -0.3 is 13.9 Å². The molecular formula is C28H21Br3N2O5S. The summed E-state index contributed by atoms with van der Waals surface area (Å²) < 4.78 is 21.3. The molecule has 1 atom stereocenters. The number of furan rings is 1. The highest BCUT2D eigenvalue weighted by molar-refractivity contribution is 9.11. The molecule has 5 rings (SSSR count). The third kappa shape index (κ3) is 5.37. The van der Waals surface area contributed by atoms with Crippen LogP contribution < -0.4 is 19.6 Å². The Balaban J connectivity index is 1.65. The number of hydrogen-bond acceptors (Lipinski definition) is 7. The molecule has 2 aromatic heterocycles. The number of aromatic nitrogens is 1. The summed E-state index contributed by atoms with van der Waals surface area (Å²) in [5.41, 5.74) is 2.12. The molecule has 4 aromatic rings. The van der Waals surface area contributed by atoms with Crippen molar-refractivity contribution < 1.29 is 18.7 Å². The molecule has 200 valence electrons. The fraction of sp³-hybridized carbons (Fsp3) is 0.179. The van der Waals surface area contributed by atoms with Gasteiger partial charge in [-0.2, -0.15) is 0 Å². The second-order valence-corrected chi connectivity index (χ2v) is 12.2. The van der Waals surface area contributed by atoms with E-state index in [9.17, 15) is 9.59 Å². The van der Waals surface area contributed by atoms with E-state index in [1.54, 1.807) is 37.7 Å². The van der Waals surface area contributed by atoms with Gasteiger partial charge in [0.05, 0.1) is 40.0 Å². The topological polar surface area (TPSA) is 83.0 Å². The molecule has 3 heterocycles. The van der Waals surface area contributed by atoms with Crippen LogP contribution >= 0.6 is 59.1 Å². The van der Waals surface area contributed by atoms with Gasteiger partial charge >= 0.3 is 5.97 Å². The molecule has 2 aromatic carbocycles. The third-order valence-electron chi connectivity index (χ3n) is 6.10.